The number of aliphatic imine (C=N–C) groups is 1. The van der Waals surface area contributed by atoms with Crippen LogP contribution in [0.5, 0.6) is 0 Å². The van der Waals surface area contributed by atoms with Gasteiger partial charge in [0.2, 0.25) is 0 Å². The molecule has 0 atom stereocenters. The SMILES string of the molecule is I.NC(=NCc1cn2c(n1)CCCC2)Nc1ccc2c(c1)CCC2. The first-order chi connectivity index (χ1) is 11.3. The van der Waals surface area contributed by atoms with E-state index < -0.39 is 0 Å². The molecule has 0 fully saturated rings. The fraction of sp³-hybridized carbons (Fsp3) is 0.444. The lowest BCUT2D eigenvalue weighted by Crippen LogP contribution is -2.22. The Balaban J connectivity index is 0.00000169. The first kappa shape index (κ1) is 17.3. The van der Waals surface area contributed by atoms with E-state index in [2.05, 4.69) is 44.3 Å². The maximum Gasteiger partial charge on any atom is 0.193 e. The zero-order valence-electron chi connectivity index (χ0n) is 13.8. The Labute approximate surface area is 159 Å². The van der Waals surface area contributed by atoms with E-state index >= 15 is 0 Å². The lowest BCUT2D eigenvalue weighted by molar-refractivity contribution is 0.522. The molecule has 24 heavy (non-hydrogen) atoms. The second-order valence-corrected chi connectivity index (χ2v) is 6.46. The van der Waals surface area contributed by atoms with Gasteiger partial charge in [-0.1, -0.05) is 6.07 Å². The summed E-state index contributed by atoms with van der Waals surface area (Å²) >= 11 is 0. The van der Waals surface area contributed by atoms with Crippen LogP contribution in [0.15, 0.2) is 29.4 Å². The van der Waals surface area contributed by atoms with E-state index in [1.165, 1.54) is 49.1 Å². The van der Waals surface area contributed by atoms with Crippen molar-refractivity contribution in [1.29, 1.82) is 0 Å². The molecule has 1 aromatic carbocycles. The van der Waals surface area contributed by atoms with E-state index in [0.717, 1.165) is 24.3 Å². The highest BCUT2D eigenvalue weighted by atomic mass is 127. The summed E-state index contributed by atoms with van der Waals surface area (Å²) in [6.07, 6.45) is 9.29. The van der Waals surface area contributed by atoms with Crippen LogP contribution in [-0.2, 0) is 32.4 Å². The third kappa shape index (κ3) is 3.74. The molecule has 0 unspecified atom stereocenters. The van der Waals surface area contributed by atoms with Gasteiger partial charge < -0.3 is 15.6 Å². The number of nitrogens with zero attached hydrogens (tertiary/aromatic N) is 3. The van der Waals surface area contributed by atoms with Crippen LogP contribution in [-0.4, -0.2) is 15.5 Å². The van der Waals surface area contributed by atoms with Crippen molar-refractivity contribution >= 4 is 35.6 Å². The van der Waals surface area contributed by atoms with E-state index in [1.54, 1.807) is 0 Å². The molecule has 0 radical (unpaired) electrons. The molecule has 0 bridgehead atoms. The Morgan fingerprint density at radius 1 is 1.17 bits per heavy atom. The first-order valence-corrected chi connectivity index (χ1v) is 8.51. The normalized spacial score (nSPS) is 16.2. The number of hydrogen-bond acceptors (Lipinski definition) is 2. The summed E-state index contributed by atoms with van der Waals surface area (Å²) in [7, 11) is 0. The van der Waals surface area contributed by atoms with Crippen LogP contribution in [0, 0.1) is 0 Å². The molecule has 2 heterocycles. The van der Waals surface area contributed by atoms with Crippen LogP contribution in [0.1, 0.15) is 41.9 Å². The minimum Gasteiger partial charge on any atom is -0.370 e. The van der Waals surface area contributed by atoms with Gasteiger partial charge in [-0.05, 0) is 55.4 Å². The number of anilines is 1. The Hall–Kier alpha value is -1.57. The number of nitrogens with two attached hydrogens (primary N) is 1. The number of aryl methyl sites for hydroxylation is 4. The molecule has 0 saturated carbocycles. The minimum absolute atomic E-state index is 0. The zero-order chi connectivity index (χ0) is 15.6. The molecule has 1 aromatic heterocycles. The third-order valence-corrected chi connectivity index (χ3v) is 4.74. The Morgan fingerprint density at radius 3 is 2.92 bits per heavy atom. The fourth-order valence-corrected chi connectivity index (χ4v) is 3.55. The van der Waals surface area contributed by atoms with Gasteiger partial charge in [0.1, 0.15) is 5.82 Å². The molecule has 0 amide bonds. The van der Waals surface area contributed by atoms with Crippen molar-refractivity contribution in [3.63, 3.8) is 0 Å². The van der Waals surface area contributed by atoms with Crippen LogP contribution in [0.4, 0.5) is 5.69 Å². The van der Waals surface area contributed by atoms with Crippen molar-refractivity contribution in [3.8, 4) is 0 Å². The molecule has 6 heteroatoms. The molecule has 1 aliphatic carbocycles. The van der Waals surface area contributed by atoms with E-state index in [4.69, 9.17) is 5.73 Å². The topological polar surface area (TPSA) is 68.2 Å². The van der Waals surface area contributed by atoms with Gasteiger partial charge in [0.05, 0.1) is 12.2 Å². The second kappa shape index (κ2) is 7.55. The van der Waals surface area contributed by atoms with Crippen LogP contribution < -0.4 is 11.1 Å². The van der Waals surface area contributed by atoms with Gasteiger partial charge in [-0.3, -0.25) is 0 Å². The van der Waals surface area contributed by atoms with E-state index in [1.807, 2.05) is 0 Å². The van der Waals surface area contributed by atoms with E-state index in [9.17, 15) is 0 Å². The summed E-state index contributed by atoms with van der Waals surface area (Å²) in [4.78, 5) is 9.08. The fourth-order valence-electron chi connectivity index (χ4n) is 3.55. The highest BCUT2D eigenvalue weighted by molar-refractivity contribution is 14.0. The summed E-state index contributed by atoms with van der Waals surface area (Å²) in [5.74, 6) is 1.64. The number of aromatic nitrogens is 2. The molecule has 0 saturated heterocycles. The first-order valence-electron chi connectivity index (χ1n) is 8.51. The molecule has 128 valence electrons. The zero-order valence-corrected chi connectivity index (χ0v) is 16.1. The Kier molecular flexibility index (Phi) is 5.43. The van der Waals surface area contributed by atoms with Crippen molar-refractivity contribution in [2.24, 2.45) is 10.7 Å². The molecule has 4 rings (SSSR count). The van der Waals surface area contributed by atoms with Gasteiger partial charge in [0.25, 0.3) is 0 Å². The van der Waals surface area contributed by atoms with Crippen LogP contribution in [0.25, 0.3) is 0 Å². The van der Waals surface area contributed by atoms with Gasteiger partial charge in [-0.25, -0.2) is 9.98 Å². The van der Waals surface area contributed by atoms with Crippen LogP contribution in [0.3, 0.4) is 0 Å². The Morgan fingerprint density at radius 2 is 2.04 bits per heavy atom. The van der Waals surface area contributed by atoms with E-state index in [-0.39, 0.29) is 24.0 Å². The molecular weight excluding hydrogens is 413 g/mol. The number of nitrogens with one attached hydrogen (secondary N) is 1. The second-order valence-electron chi connectivity index (χ2n) is 6.46. The highest BCUT2D eigenvalue weighted by Crippen LogP contribution is 2.24. The predicted octanol–water partition coefficient (Wildman–Crippen LogP) is 3.25. The molecule has 1 aliphatic heterocycles. The largest absolute Gasteiger partial charge is 0.370 e. The van der Waals surface area contributed by atoms with Gasteiger partial charge in [-0.2, -0.15) is 0 Å². The maximum absolute atomic E-state index is 6.03. The molecule has 2 aliphatic rings. The van der Waals surface area contributed by atoms with Crippen LogP contribution >= 0.6 is 24.0 Å². The third-order valence-electron chi connectivity index (χ3n) is 4.74. The summed E-state index contributed by atoms with van der Waals surface area (Å²) in [5.41, 5.74) is 11.0. The summed E-state index contributed by atoms with van der Waals surface area (Å²) < 4.78 is 2.25. The molecule has 3 N–H and O–H groups in total. The van der Waals surface area contributed by atoms with E-state index in [0.29, 0.717) is 12.5 Å². The average molecular weight is 437 g/mol. The van der Waals surface area contributed by atoms with Crippen molar-refractivity contribution in [1.82, 2.24) is 9.55 Å². The molecule has 2 aromatic rings. The van der Waals surface area contributed by atoms with Gasteiger partial charge in [-0.15, -0.1) is 24.0 Å². The number of imidazole rings is 1. The molecular formula is C18H24IN5. The lowest BCUT2D eigenvalue weighted by Gasteiger charge is -2.11. The Bertz CT molecular complexity index is 726. The quantitative estimate of drug-likeness (QED) is 0.440. The van der Waals surface area contributed by atoms with Gasteiger partial charge >= 0.3 is 0 Å². The molecule has 0 spiro atoms. The number of fused-ring (bicyclic) bond motifs is 2. The van der Waals surface area contributed by atoms with Crippen molar-refractivity contribution in [2.75, 3.05) is 5.32 Å². The summed E-state index contributed by atoms with van der Waals surface area (Å²) in [6.45, 7) is 1.61. The maximum atomic E-state index is 6.03. The van der Waals surface area contributed by atoms with Crippen molar-refractivity contribution in [2.45, 2.75) is 51.6 Å². The van der Waals surface area contributed by atoms with Gasteiger partial charge in [0.15, 0.2) is 5.96 Å². The average Bonchev–Trinajstić information content (AvgIpc) is 3.18. The van der Waals surface area contributed by atoms with Gasteiger partial charge in [0, 0.05) is 24.8 Å². The number of benzene rings is 1. The highest BCUT2D eigenvalue weighted by Gasteiger charge is 2.12. The standard InChI is InChI=1S/C18H23N5.HI/c19-18(22-15-8-7-13-4-3-5-14(13)10-15)20-11-16-12-23-9-2-1-6-17(23)21-16;/h7-8,10,12H,1-6,9,11H2,(H3,19,20,22);1H. The smallest absolute Gasteiger partial charge is 0.193 e. The number of rotatable bonds is 3. The summed E-state index contributed by atoms with van der Waals surface area (Å²) in [6, 6.07) is 6.48. The van der Waals surface area contributed by atoms with Crippen molar-refractivity contribution in [3.05, 3.63) is 47.0 Å². The van der Waals surface area contributed by atoms with Crippen molar-refractivity contribution < 1.29 is 0 Å². The lowest BCUT2D eigenvalue weighted by atomic mass is 10.1. The van der Waals surface area contributed by atoms with Crippen LogP contribution in [0.2, 0.25) is 0 Å². The minimum atomic E-state index is 0. The number of guanidine groups is 1. The summed E-state index contributed by atoms with van der Waals surface area (Å²) in [5, 5.41) is 3.20. The molecule has 5 nitrogen and oxygen atoms in total. The predicted molar refractivity (Wildman–Crippen MR) is 108 cm³/mol. The number of halogens is 1. The number of hydrogen-bond donors (Lipinski definition) is 2. The monoisotopic (exact) mass is 437 g/mol.